The van der Waals surface area contributed by atoms with Crippen molar-refractivity contribution in [2.75, 3.05) is 0 Å². The summed E-state index contributed by atoms with van der Waals surface area (Å²) in [7, 11) is 0. The van der Waals surface area contributed by atoms with E-state index in [2.05, 4.69) is 10.3 Å². The van der Waals surface area contributed by atoms with Gasteiger partial charge in [0.15, 0.2) is 0 Å². The fraction of sp³-hybridized carbons (Fsp3) is 0.600. The molecular formula is C15H25Cl2N3O. The molecule has 21 heavy (non-hydrogen) atoms. The van der Waals surface area contributed by atoms with Gasteiger partial charge in [0.05, 0.1) is 17.7 Å². The molecule has 2 rings (SSSR count). The van der Waals surface area contributed by atoms with Crippen molar-refractivity contribution in [1.82, 2.24) is 10.3 Å². The molecule has 0 radical (unpaired) electrons. The van der Waals surface area contributed by atoms with Gasteiger partial charge in [0.2, 0.25) is 5.91 Å². The SMILES string of the molecule is CC(NC(=O)C1CCCCC1(C)N)c1ccccn1.Cl.Cl. The number of carbonyl (C=O) groups is 1. The smallest absolute Gasteiger partial charge is 0.225 e. The number of pyridine rings is 1. The summed E-state index contributed by atoms with van der Waals surface area (Å²) in [5.74, 6) is -0.0322. The molecule has 0 spiro atoms. The maximum Gasteiger partial charge on any atom is 0.225 e. The first kappa shape index (κ1) is 20.2. The Morgan fingerprint density at radius 1 is 1.43 bits per heavy atom. The molecule has 0 aromatic carbocycles. The minimum Gasteiger partial charge on any atom is -0.348 e. The Morgan fingerprint density at radius 2 is 2.14 bits per heavy atom. The van der Waals surface area contributed by atoms with E-state index in [4.69, 9.17) is 5.73 Å². The molecular weight excluding hydrogens is 309 g/mol. The fourth-order valence-electron chi connectivity index (χ4n) is 2.81. The van der Waals surface area contributed by atoms with Gasteiger partial charge in [0.1, 0.15) is 0 Å². The zero-order chi connectivity index (χ0) is 13.9. The number of aromatic nitrogens is 1. The number of carbonyl (C=O) groups excluding carboxylic acids is 1. The third kappa shape index (κ3) is 5.13. The Kier molecular flexibility index (Phi) is 8.22. The van der Waals surface area contributed by atoms with Crippen LogP contribution < -0.4 is 11.1 Å². The van der Waals surface area contributed by atoms with Gasteiger partial charge in [-0.1, -0.05) is 18.9 Å². The van der Waals surface area contributed by atoms with Gasteiger partial charge >= 0.3 is 0 Å². The first-order valence-electron chi connectivity index (χ1n) is 7.01. The lowest BCUT2D eigenvalue weighted by Crippen LogP contribution is -2.53. The standard InChI is InChI=1S/C15H23N3O.2ClH/c1-11(13-8-4-6-10-17-13)18-14(19)12-7-3-5-9-15(12,2)16;;/h4,6,8,10-12H,3,5,7,9,16H2,1-2H3,(H,18,19);2*1H. The average molecular weight is 334 g/mol. The second kappa shape index (κ2) is 8.57. The average Bonchev–Trinajstić information content (AvgIpc) is 2.39. The number of nitrogens with two attached hydrogens (primary N) is 1. The summed E-state index contributed by atoms with van der Waals surface area (Å²) in [5, 5.41) is 3.04. The van der Waals surface area contributed by atoms with Gasteiger partial charge in [-0.15, -0.1) is 24.8 Å². The Balaban J connectivity index is 0.00000200. The second-order valence-electron chi connectivity index (χ2n) is 5.79. The van der Waals surface area contributed by atoms with Crippen molar-refractivity contribution < 1.29 is 4.79 Å². The Labute approximate surface area is 139 Å². The number of nitrogens with zero attached hydrogens (tertiary/aromatic N) is 1. The largest absolute Gasteiger partial charge is 0.348 e. The van der Waals surface area contributed by atoms with Gasteiger partial charge in [-0.2, -0.15) is 0 Å². The van der Waals surface area contributed by atoms with E-state index in [1.807, 2.05) is 32.0 Å². The molecule has 1 heterocycles. The lowest BCUT2D eigenvalue weighted by molar-refractivity contribution is -0.128. The number of halogens is 2. The van der Waals surface area contributed by atoms with Gasteiger partial charge in [0.25, 0.3) is 0 Å². The number of hydrogen-bond acceptors (Lipinski definition) is 3. The molecule has 3 N–H and O–H groups in total. The van der Waals surface area contributed by atoms with E-state index in [1.165, 1.54) is 0 Å². The molecule has 0 saturated heterocycles. The molecule has 1 aromatic heterocycles. The second-order valence-corrected chi connectivity index (χ2v) is 5.79. The highest BCUT2D eigenvalue weighted by Gasteiger charge is 2.38. The van der Waals surface area contributed by atoms with Crippen LogP contribution in [0.15, 0.2) is 24.4 Å². The minimum absolute atomic E-state index is 0. The molecule has 1 amide bonds. The zero-order valence-electron chi connectivity index (χ0n) is 12.5. The van der Waals surface area contributed by atoms with Crippen molar-refractivity contribution >= 4 is 30.7 Å². The third-order valence-corrected chi connectivity index (χ3v) is 4.06. The monoisotopic (exact) mass is 333 g/mol. The molecule has 3 unspecified atom stereocenters. The minimum atomic E-state index is -0.383. The van der Waals surface area contributed by atoms with Gasteiger partial charge < -0.3 is 11.1 Å². The number of nitrogens with one attached hydrogen (secondary N) is 1. The maximum absolute atomic E-state index is 12.4. The van der Waals surface area contributed by atoms with Gasteiger partial charge in [-0.25, -0.2) is 0 Å². The van der Waals surface area contributed by atoms with Crippen LogP contribution in [0.2, 0.25) is 0 Å². The van der Waals surface area contributed by atoms with Crippen LogP contribution in [0, 0.1) is 5.92 Å². The summed E-state index contributed by atoms with van der Waals surface area (Å²) < 4.78 is 0. The predicted octanol–water partition coefficient (Wildman–Crippen LogP) is 3.01. The van der Waals surface area contributed by atoms with Crippen LogP contribution >= 0.6 is 24.8 Å². The zero-order valence-corrected chi connectivity index (χ0v) is 14.2. The summed E-state index contributed by atoms with van der Waals surface area (Å²) in [4.78, 5) is 16.6. The number of amides is 1. The summed E-state index contributed by atoms with van der Waals surface area (Å²) in [5.41, 5.74) is 6.76. The van der Waals surface area contributed by atoms with Crippen molar-refractivity contribution in [3.8, 4) is 0 Å². The highest BCUT2D eigenvalue weighted by Crippen LogP contribution is 2.32. The molecule has 1 aliphatic carbocycles. The van der Waals surface area contributed by atoms with Crippen LogP contribution in [-0.4, -0.2) is 16.4 Å². The van der Waals surface area contributed by atoms with Crippen molar-refractivity contribution in [3.05, 3.63) is 30.1 Å². The summed E-state index contributed by atoms with van der Waals surface area (Å²) >= 11 is 0. The van der Waals surface area contributed by atoms with Crippen LogP contribution in [0.1, 0.15) is 51.3 Å². The van der Waals surface area contributed by atoms with E-state index in [1.54, 1.807) is 6.20 Å². The van der Waals surface area contributed by atoms with Crippen molar-refractivity contribution in [3.63, 3.8) is 0 Å². The number of hydrogen-bond donors (Lipinski definition) is 2. The van der Waals surface area contributed by atoms with Crippen LogP contribution in [-0.2, 0) is 4.79 Å². The van der Waals surface area contributed by atoms with Crippen molar-refractivity contribution in [2.24, 2.45) is 11.7 Å². The highest BCUT2D eigenvalue weighted by atomic mass is 35.5. The summed E-state index contributed by atoms with van der Waals surface area (Å²) in [6.07, 6.45) is 5.75. The fourth-order valence-corrected chi connectivity index (χ4v) is 2.81. The van der Waals surface area contributed by atoms with Crippen molar-refractivity contribution in [2.45, 2.75) is 51.1 Å². The lowest BCUT2D eigenvalue weighted by atomic mass is 9.74. The van der Waals surface area contributed by atoms with Crippen LogP contribution in [0.3, 0.4) is 0 Å². The Morgan fingerprint density at radius 3 is 2.71 bits per heavy atom. The van der Waals surface area contributed by atoms with Gasteiger partial charge in [-0.3, -0.25) is 9.78 Å². The van der Waals surface area contributed by atoms with Crippen LogP contribution in [0.25, 0.3) is 0 Å². The van der Waals surface area contributed by atoms with Gasteiger partial charge in [-0.05, 0) is 38.8 Å². The van der Waals surface area contributed by atoms with Crippen molar-refractivity contribution in [1.29, 1.82) is 0 Å². The normalized spacial score (nSPS) is 26.0. The first-order valence-corrected chi connectivity index (χ1v) is 7.01. The molecule has 120 valence electrons. The molecule has 1 aliphatic rings. The molecule has 1 fully saturated rings. The summed E-state index contributed by atoms with van der Waals surface area (Å²) in [6, 6.07) is 5.65. The van der Waals surface area contributed by atoms with Crippen LogP contribution in [0.4, 0.5) is 0 Å². The topological polar surface area (TPSA) is 68.0 Å². The summed E-state index contributed by atoms with van der Waals surface area (Å²) in [6.45, 7) is 3.94. The maximum atomic E-state index is 12.4. The quantitative estimate of drug-likeness (QED) is 0.893. The van der Waals surface area contributed by atoms with Crippen LogP contribution in [0.5, 0.6) is 0 Å². The Hall–Kier alpha value is -0.840. The van der Waals surface area contributed by atoms with E-state index in [-0.39, 0.29) is 48.2 Å². The van der Waals surface area contributed by atoms with E-state index in [0.29, 0.717) is 0 Å². The molecule has 1 aromatic rings. The van der Waals surface area contributed by atoms with E-state index < -0.39 is 0 Å². The lowest BCUT2D eigenvalue weighted by Gasteiger charge is -2.37. The van der Waals surface area contributed by atoms with E-state index in [0.717, 1.165) is 31.4 Å². The van der Waals surface area contributed by atoms with Gasteiger partial charge in [0, 0.05) is 11.7 Å². The van der Waals surface area contributed by atoms with E-state index >= 15 is 0 Å². The molecule has 0 aliphatic heterocycles. The third-order valence-electron chi connectivity index (χ3n) is 4.06. The number of rotatable bonds is 3. The molecule has 6 heteroatoms. The Bertz CT molecular complexity index is 440. The van der Waals surface area contributed by atoms with E-state index in [9.17, 15) is 4.79 Å². The predicted molar refractivity (Wildman–Crippen MR) is 89.8 cm³/mol. The highest BCUT2D eigenvalue weighted by molar-refractivity contribution is 5.85. The first-order chi connectivity index (χ1) is 9.00. The molecule has 3 atom stereocenters. The molecule has 1 saturated carbocycles. The molecule has 0 bridgehead atoms. The molecule has 4 nitrogen and oxygen atoms in total.